The van der Waals surface area contributed by atoms with Gasteiger partial charge in [0.15, 0.2) is 0 Å². The van der Waals surface area contributed by atoms with Crippen LogP contribution in [-0.2, 0) is 6.42 Å². The van der Waals surface area contributed by atoms with Gasteiger partial charge in [-0.1, -0.05) is 42.5 Å². The first-order valence-electron chi connectivity index (χ1n) is 4.46. The van der Waals surface area contributed by atoms with Gasteiger partial charge in [-0.2, -0.15) is 0 Å². The van der Waals surface area contributed by atoms with Crippen molar-refractivity contribution in [3.8, 4) is 0 Å². The summed E-state index contributed by atoms with van der Waals surface area (Å²) in [6, 6.07) is 10.4. The summed E-state index contributed by atoms with van der Waals surface area (Å²) in [5, 5.41) is 2.93. The molecule has 0 aliphatic heterocycles. The van der Waals surface area contributed by atoms with Gasteiger partial charge in [-0.15, -0.1) is 0 Å². The molecule has 0 spiro atoms. The minimum Gasteiger partial charge on any atom is -0.394 e. The van der Waals surface area contributed by atoms with E-state index >= 15 is 0 Å². The molecule has 0 aliphatic rings. The Balaban J connectivity index is 2.35. The first-order chi connectivity index (χ1) is 6.43. The quantitative estimate of drug-likeness (QED) is 0.690. The maximum atomic E-state index is 2.93. The van der Waals surface area contributed by atoms with E-state index < -0.39 is 0 Å². The number of benzene rings is 1. The van der Waals surface area contributed by atoms with Crippen LogP contribution in [0.5, 0.6) is 0 Å². The van der Waals surface area contributed by atoms with Gasteiger partial charge in [0, 0.05) is 7.05 Å². The molecule has 1 heteroatoms. The molecule has 0 saturated heterocycles. The number of rotatable bonds is 4. The number of hydrogen-bond donors (Lipinski definition) is 1. The second kappa shape index (κ2) is 6.06. The predicted molar refractivity (Wildman–Crippen MR) is 57.5 cm³/mol. The van der Waals surface area contributed by atoms with E-state index in [9.17, 15) is 0 Å². The van der Waals surface area contributed by atoms with Crippen LogP contribution >= 0.6 is 0 Å². The molecular formula is C12H15N. The Hall–Kier alpha value is -1.50. The summed E-state index contributed by atoms with van der Waals surface area (Å²) in [6.07, 6.45) is 9.08. The van der Waals surface area contributed by atoms with E-state index in [-0.39, 0.29) is 0 Å². The fourth-order valence-corrected chi connectivity index (χ4v) is 1.05. The van der Waals surface area contributed by atoms with E-state index in [0.29, 0.717) is 0 Å². The molecule has 0 aliphatic carbocycles. The zero-order valence-corrected chi connectivity index (χ0v) is 7.90. The molecule has 0 fully saturated rings. The monoisotopic (exact) mass is 173 g/mol. The third kappa shape index (κ3) is 4.16. The van der Waals surface area contributed by atoms with Gasteiger partial charge in [-0.25, -0.2) is 0 Å². The van der Waals surface area contributed by atoms with Crippen molar-refractivity contribution in [2.24, 2.45) is 0 Å². The van der Waals surface area contributed by atoms with Crippen LogP contribution in [0.4, 0.5) is 0 Å². The average Bonchev–Trinajstić information content (AvgIpc) is 2.19. The Morgan fingerprint density at radius 3 is 2.62 bits per heavy atom. The number of allylic oxidation sites excluding steroid dienone is 3. The van der Waals surface area contributed by atoms with Gasteiger partial charge in [-0.05, 0) is 24.3 Å². The topological polar surface area (TPSA) is 12.0 Å². The minimum atomic E-state index is 0.995. The van der Waals surface area contributed by atoms with Crippen molar-refractivity contribution < 1.29 is 0 Å². The number of nitrogens with one attached hydrogen (secondary N) is 1. The predicted octanol–water partition coefficient (Wildman–Crippen LogP) is 2.52. The summed E-state index contributed by atoms with van der Waals surface area (Å²) in [7, 11) is 1.89. The zero-order chi connectivity index (χ0) is 9.36. The van der Waals surface area contributed by atoms with E-state index in [2.05, 4.69) is 35.7 Å². The normalized spacial score (nSPS) is 11.2. The Bertz CT molecular complexity index is 272. The lowest BCUT2D eigenvalue weighted by Gasteiger charge is -1.92. The molecule has 13 heavy (non-hydrogen) atoms. The van der Waals surface area contributed by atoms with Gasteiger partial charge in [0.25, 0.3) is 0 Å². The van der Waals surface area contributed by atoms with Crippen molar-refractivity contribution >= 4 is 0 Å². The molecule has 68 valence electrons. The van der Waals surface area contributed by atoms with E-state index in [1.807, 2.05) is 31.5 Å². The van der Waals surface area contributed by atoms with Gasteiger partial charge >= 0.3 is 0 Å². The van der Waals surface area contributed by atoms with E-state index in [4.69, 9.17) is 0 Å². The highest BCUT2D eigenvalue weighted by molar-refractivity contribution is 5.18. The summed E-state index contributed by atoms with van der Waals surface area (Å²) >= 11 is 0. The van der Waals surface area contributed by atoms with Crippen LogP contribution in [0.2, 0.25) is 0 Å². The highest BCUT2D eigenvalue weighted by Crippen LogP contribution is 1.99. The highest BCUT2D eigenvalue weighted by atomic mass is 14.8. The summed E-state index contributed by atoms with van der Waals surface area (Å²) in [4.78, 5) is 0. The van der Waals surface area contributed by atoms with E-state index in [1.165, 1.54) is 5.56 Å². The van der Waals surface area contributed by atoms with Gasteiger partial charge in [0.1, 0.15) is 0 Å². The molecule has 0 amide bonds. The van der Waals surface area contributed by atoms with E-state index in [1.54, 1.807) is 0 Å². The Labute approximate surface area is 79.8 Å². The molecule has 0 atom stereocenters. The Morgan fingerprint density at radius 1 is 1.15 bits per heavy atom. The van der Waals surface area contributed by atoms with Crippen LogP contribution in [0, 0.1) is 0 Å². The lowest BCUT2D eigenvalue weighted by molar-refractivity contribution is 1.10. The molecule has 0 bridgehead atoms. The summed E-state index contributed by atoms with van der Waals surface area (Å²) in [5.74, 6) is 0. The molecular weight excluding hydrogens is 158 g/mol. The van der Waals surface area contributed by atoms with Crippen molar-refractivity contribution in [1.82, 2.24) is 5.32 Å². The Kier molecular flexibility index (Phi) is 4.47. The molecule has 1 aromatic carbocycles. The fourth-order valence-electron chi connectivity index (χ4n) is 1.05. The molecule has 0 unspecified atom stereocenters. The molecule has 0 radical (unpaired) electrons. The molecule has 1 nitrogen and oxygen atoms in total. The van der Waals surface area contributed by atoms with Crippen molar-refractivity contribution in [1.29, 1.82) is 0 Å². The van der Waals surface area contributed by atoms with Crippen LogP contribution < -0.4 is 5.32 Å². The molecule has 0 aromatic heterocycles. The fraction of sp³-hybridized carbons (Fsp3) is 0.167. The molecule has 0 saturated carbocycles. The SMILES string of the molecule is CNC=CC=CCc1ccccc1. The van der Waals surface area contributed by atoms with Crippen LogP contribution in [0.1, 0.15) is 5.56 Å². The van der Waals surface area contributed by atoms with Crippen LogP contribution in [-0.4, -0.2) is 7.05 Å². The first kappa shape index (κ1) is 9.59. The lowest BCUT2D eigenvalue weighted by atomic mass is 10.1. The summed E-state index contributed by atoms with van der Waals surface area (Å²) < 4.78 is 0. The molecule has 1 aromatic rings. The van der Waals surface area contributed by atoms with Gasteiger partial charge in [0.2, 0.25) is 0 Å². The second-order valence-corrected chi connectivity index (χ2v) is 2.77. The largest absolute Gasteiger partial charge is 0.394 e. The molecule has 1 N–H and O–H groups in total. The maximum Gasteiger partial charge on any atom is 0.00277 e. The standard InChI is InChI=1S/C12H15N/c1-13-11-7-3-6-10-12-8-4-2-5-9-12/h2-9,11,13H,10H2,1H3. The molecule has 1 rings (SSSR count). The van der Waals surface area contributed by atoms with Crippen molar-refractivity contribution in [3.63, 3.8) is 0 Å². The van der Waals surface area contributed by atoms with Gasteiger partial charge in [0.05, 0.1) is 0 Å². The zero-order valence-electron chi connectivity index (χ0n) is 7.90. The lowest BCUT2D eigenvalue weighted by Crippen LogP contribution is -1.89. The van der Waals surface area contributed by atoms with Crippen LogP contribution in [0.25, 0.3) is 0 Å². The Morgan fingerprint density at radius 2 is 1.92 bits per heavy atom. The van der Waals surface area contributed by atoms with Gasteiger partial charge in [-0.3, -0.25) is 0 Å². The average molecular weight is 173 g/mol. The van der Waals surface area contributed by atoms with E-state index in [0.717, 1.165) is 6.42 Å². The van der Waals surface area contributed by atoms with Crippen molar-refractivity contribution in [3.05, 3.63) is 60.3 Å². The smallest absolute Gasteiger partial charge is 0.00277 e. The minimum absolute atomic E-state index is 0.995. The second-order valence-electron chi connectivity index (χ2n) is 2.77. The third-order valence-corrected chi connectivity index (χ3v) is 1.71. The third-order valence-electron chi connectivity index (χ3n) is 1.71. The van der Waals surface area contributed by atoms with Crippen molar-refractivity contribution in [2.75, 3.05) is 7.05 Å². The molecule has 0 heterocycles. The van der Waals surface area contributed by atoms with Gasteiger partial charge < -0.3 is 5.32 Å². The highest BCUT2D eigenvalue weighted by Gasteiger charge is 1.83. The maximum absolute atomic E-state index is 2.93. The van der Waals surface area contributed by atoms with Crippen LogP contribution in [0.3, 0.4) is 0 Å². The van der Waals surface area contributed by atoms with Crippen LogP contribution in [0.15, 0.2) is 54.8 Å². The first-order valence-corrected chi connectivity index (χ1v) is 4.46. The number of hydrogen-bond acceptors (Lipinski definition) is 1. The van der Waals surface area contributed by atoms with Crippen molar-refractivity contribution in [2.45, 2.75) is 6.42 Å². The summed E-state index contributed by atoms with van der Waals surface area (Å²) in [6.45, 7) is 0. The summed E-state index contributed by atoms with van der Waals surface area (Å²) in [5.41, 5.74) is 1.34.